The van der Waals surface area contributed by atoms with E-state index in [1.807, 2.05) is 18.3 Å². The van der Waals surface area contributed by atoms with Gasteiger partial charge in [-0.3, -0.25) is 4.98 Å². The lowest BCUT2D eigenvalue weighted by molar-refractivity contribution is 0.696. The molecule has 26 heavy (non-hydrogen) atoms. The lowest BCUT2D eigenvalue weighted by Crippen LogP contribution is -2.27. The van der Waals surface area contributed by atoms with Crippen molar-refractivity contribution < 1.29 is 0 Å². The van der Waals surface area contributed by atoms with Crippen molar-refractivity contribution in [1.82, 2.24) is 15.0 Å². The number of hydrogen-bond acceptors (Lipinski definition) is 4. The van der Waals surface area contributed by atoms with Crippen LogP contribution >= 0.6 is 15.9 Å². The number of halogens is 1. The lowest BCUT2D eigenvalue weighted by Gasteiger charge is -2.22. The standard InChI is InChI=1S/C21H21BrN4/c1-14-3-5-16(6-4-14)18-9-15(2)26(13-18)20-7-8-24-21(25-20)17-10-19(22)12-23-11-17/h3-8,10-12,15,18H,9,13H2,1-2H3. The van der Waals surface area contributed by atoms with E-state index in [9.17, 15) is 0 Å². The molecule has 2 atom stereocenters. The van der Waals surface area contributed by atoms with Gasteiger partial charge >= 0.3 is 0 Å². The predicted octanol–water partition coefficient (Wildman–Crippen LogP) is 4.99. The first kappa shape index (κ1) is 17.2. The molecule has 2 unspecified atom stereocenters. The van der Waals surface area contributed by atoms with Crippen LogP contribution in [0.4, 0.5) is 5.82 Å². The minimum Gasteiger partial charge on any atom is -0.353 e. The van der Waals surface area contributed by atoms with Crippen LogP contribution in [-0.4, -0.2) is 27.5 Å². The van der Waals surface area contributed by atoms with Crippen LogP contribution in [0.1, 0.15) is 30.4 Å². The van der Waals surface area contributed by atoms with Crippen LogP contribution in [0.15, 0.2) is 59.5 Å². The van der Waals surface area contributed by atoms with Gasteiger partial charge in [-0.2, -0.15) is 0 Å². The largest absolute Gasteiger partial charge is 0.353 e. The van der Waals surface area contributed by atoms with Gasteiger partial charge in [0.2, 0.25) is 0 Å². The maximum Gasteiger partial charge on any atom is 0.163 e. The minimum atomic E-state index is 0.449. The topological polar surface area (TPSA) is 41.9 Å². The average molecular weight is 409 g/mol. The molecule has 1 aliphatic heterocycles. The molecule has 2 aromatic heterocycles. The summed E-state index contributed by atoms with van der Waals surface area (Å²) in [6.07, 6.45) is 6.54. The zero-order valence-electron chi connectivity index (χ0n) is 14.9. The maximum absolute atomic E-state index is 4.81. The van der Waals surface area contributed by atoms with Gasteiger partial charge < -0.3 is 4.90 Å². The van der Waals surface area contributed by atoms with Gasteiger partial charge in [-0.1, -0.05) is 29.8 Å². The Hall–Kier alpha value is -2.27. The number of hydrogen-bond donors (Lipinski definition) is 0. The van der Waals surface area contributed by atoms with E-state index < -0.39 is 0 Å². The Balaban J connectivity index is 1.59. The SMILES string of the molecule is Cc1ccc(C2CC(C)N(c3ccnc(-c4cncc(Br)c4)n3)C2)cc1. The average Bonchev–Trinajstić information content (AvgIpc) is 3.04. The Morgan fingerprint density at radius 3 is 2.69 bits per heavy atom. The molecule has 0 N–H and O–H groups in total. The van der Waals surface area contributed by atoms with E-state index in [2.05, 4.69) is 68.9 Å². The summed E-state index contributed by atoms with van der Waals surface area (Å²) in [7, 11) is 0. The van der Waals surface area contributed by atoms with Gasteiger partial charge in [-0.05, 0) is 53.9 Å². The van der Waals surface area contributed by atoms with Crippen molar-refractivity contribution in [1.29, 1.82) is 0 Å². The quantitative estimate of drug-likeness (QED) is 0.611. The smallest absolute Gasteiger partial charge is 0.163 e. The first-order valence-corrected chi connectivity index (χ1v) is 9.66. The Labute approximate surface area is 162 Å². The van der Waals surface area contributed by atoms with Crippen LogP contribution in [0.25, 0.3) is 11.4 Å². The van der Waals surface area contributed by atoms with E-state index >= 15 is 0 Å². The van der Waals surface area contributed by atoms with Crippen LogP contribution in [0.3, 0.4) is 0 Å². The van der Waals surface area contributed by atoms with Crippen molar-refractivity contribution in [3.8, 4) is 11.4 Å². The van der Waals surface area contributed by atoms with Gasteiger partial charge in [-0.25, -0.2) is 9.97 Å². The second-order valence-corrected chi connectivity index (χ2v) is 7.89. The fourth-order valence-electron chi connectivity index (χ4n) is 3.61. The summed E-state index contributed by atoms with van der Waals surface area (Å²) in [5.74, 6) is 2.23. The third kappa shape index (κ3) is 3.49. The minimum absolute atomic E-state index is 0.449. The molecule has 0 aliphatic carbocycles. The molecular formula is C21H21BrN4. The Morgan fingerprint density at radius 2 is 1.92 bits per heavy atom. The highest BCUT2D eigenvalue weighted by Gasteiger charge is 2.31. The summed E-state index contributed by atoms with van der Waals surface area (Å²) in [5, 5.41) is 0. The molecule has 3 heterocycles. The van der Waals surface area contributed by atoms with E-state index in [0.717, 1.165) is 28.8 Å². The number of aryl methyl sites for hydroxylation is 1. The second kappa shape index (κ2) is 7.16. The molecule has 1 saturated heterocycles. The molecule has 0 radical (unpaired) electrons. The van der Waals surface area contributed by atoms with Crippen molar-refractivity contribution >= 4 is 21.7 Å². The summed E-state index contributed by atoms with van der Waals surface area (Å²) in [5.41, 5.74) is 3.64. The normalized spacial score (nSPS) is 19.7. The molecule has 1 aromatic carbocycles. The lowest BCUT2D eigenvalue weighted by atomic mass is 9.96. The van der Waals surface area contributed by atoms with Crippen molar-refractivity contribution in [3.05, 3.63) is 70.6 Å². The number of anilines is 1. The molecule has 0 bridgehead atoms. The molecule has 0 amide bonds. The monoisotopic (exact) mass is 408 g/mol. The van der Waals surface area contributed by atoms with Crippen molar-refractivity contribution in [2.24, 2.45) is 0 Å². The van der Waals surface area contributed by atoms with Crippen molar-refractivity contribution in [3.63, 3.8) is 0 Å². The van der Waals surface area contributed by atoms with E-state index in [4.69, 9.17) is 4.98 Å². The second-order valence-electron chi connectivity index (χ2n) is 6.97. The summed E-state index contributed by atoms with van der Waals surface area (Å²) < 4.78 is 0.929. The van der Waals surface area contributed by atoms with E-state index in [1.165, 1.54) is 11.1 Å². The third-order valence-electron chi connectivity index (χ3n) is 5.02. The van der Waals surface area contributed by atoms with Gasteiger partial charge in [0, 0.05) is 47.1 Å². The number of rotatable bonds is 3. The van der Waals surface area contributed by atoms with Gasteiger partial charge in [0.15, 0.2) is 5.82 Å². The van der Waals surface area contributed by atoms with Gasteiger partial charge in [0.05, 0.1) is 0 Å². The summed E-state index contributed by atoms with van der Waals surface area (Å²) in [4.78, 5) is 15.9. The molecule has 132 valence electrons. The summed E-state index contributed by atoms with van der Waals surface area (Å²) in [6, 6.07) is 13.4. The van der Waals surface area contributed by atoms with E-state index in [0.29, 0.717) is 17.8 Å². The molecule has 5 heteroatoms. The maximum atomic E-state index is 4.81. The molecule has 4 nitrogen and oxygen atoms in total. The summed E-state index contributed by atoms with van der Waals surface area (Å²) >= 11 is 3.46. The van der Waals surface area contributed by atoms with Crippen molar-refractivity contribution in [2.75, 3.05) is 11.4 Å². The van der Waals surface area contributed by atoms with Crippen LogP contribution in [0, 0.1) is 6.92 Å². The molecule has 3 aromatic rings. The zero-order valence-corrected chi connectivity index (χ0v) is 16.5. The highest BCUT2D eigenvalue weighted by Crippen LogP contribution is 2.34. The molecule has 0 spiro atoms. The fourth-order valence-corrected chi connectivity index (χ4v) is 3.98. The van der Waals surface area contributed by atoms with Crippen molar-refractivity contribution in [2.45, 2.75) is 32.2 Å². The van der Waals surface area contributed by atoms with Crippen LogP contribution < -0.4 is 4.90 Å². The number of pyridine rings is 1. The molecule has 1 aliphatic rings. The number of nitrogens with zero attached hydrogens (tertiary/aromatic N) is 4. The molecule has 4 rings (SSSR count). The first-order chi connectivity index (χ1) is 12.6. The molecular weight excluding hydrogens is 388 g/mol. The van der Waals surface area contributed by atoms with E-state index in [-0.39, 0.29) is 0 Å². The van der Waals surface area contributed by atoms with Gasteiger partial charge in [0.1, 0.15) is 5.82 Å². The highest BCUT2D eigenvalue weighted by atomic mass is 79.9. The zero-order chi connectivity index (χ0) is 18.1. The van der Waals surface area contributed by atoms with Crippen LogP contribution in [0.5, 0.6) is 0 Å². The predicted molar refractivity (Wildman–Crippen MR) is 108 cm³/mol. The van der Waals surface area contributed by atoms with E-state index in [1.54, 1.807) is 12.4 Å². The Morgan fingerprint density at radius 1 is 1.12 bits per heavy atom. The van der Waals surface area contributed by atoms with Crippen LogP contribution in [-0.2, 0) is 0 Å². The highest BCUT2D eigenvalue weighted by molar-refractivity contribution is 9.10. The third-order valence-corrected chi connectivity index (χ3v) is 5.46. The number of aromatic nitrogens is 3. The summed E-state index contributed by atoms with van der Waals surface area (Å²) in [6.45, 7) is 5.39. The van der Waals surface area contributed by atoms with Gasteiger partial charge in [0.25, 0.3) is 0 Å². The fraction of sp³-hybridized carbons (Fsp3) is 0.286. The first-order valence-electron chi connectivity index (χ1n) is 8.87. The molecule has 0 saturated carbocycles. The van der Waals surface area contributed by atoms with Gasteiger partial charge in [-0.15, -0.1) is 0 Å². The molecule has 1 fully saturated rings. The van der Waals surface area contributed by atoms with Crippen LogP contribution in [0.2, 0.25) is 0 Å². The number of benzene rings is 1. The Bertz CT molecular complexity index is 910. The Kier molecular flexibility index (Phi) is 4.72.